The fourth-order valence-corrected chi connectivity index (χ4v) is 5.63. The highest BCUT2D eigenvalue weighted by atomic mass is 32.1. The zero-order chi connectivity index (χ0) is 22.6. The second-order valence-electron chi connectivity index (χ2n) is 8.14. The molecule has 1 aliphatic rings. The van der Waals surface area contributed by atoms with E-state index in [0.29, 0.717) is 40.8 Å². The number of benzene rings is 1. The van der Waals surface area contributed by atoms with Crippen LogP contribution in [0.4, 0.5) is 5.13 Å². The number of likely N-dealkylation sites (tertiary alicyclic amines) is 1. The third-order valence-electron chi connectivity index (χ3n) is 5.86. The third-order valence-corrected chi connectivity index (χ3v) is 7.58. The average Bonchev–Trinajstić information content (AvgIpc) is 3.62. The lowest BCUT2D eigenvalue weighted by Gasteiger charge is -2.27. The minimum Gasteiger partial charge on any atom is -0.454 e. The van der Waals surface area contributed by atoms with Crippen LogP contribution < -0.4 is 4.90 Å². The zero-order valence-corrected chi connectivity index (χ0v) is 19.9. The molecule has 6 nitrogen and oxygen atoms in total. The van der Waals surface area contributed by atoms with Gasteiger partial charge in [-0.05, 0) is 49.3 Å². The number of hydrogen-bond acceptors (Lipinski definition) is 6. The van der Waals surface area contributed by atoms with Crippen molar-refractivity contribution in [3.05, 3.63) is 58.1 Å². The van der Waals surface area contributed by atoms with E-state index in [4.69, 9.17) is 9.40 Å². The summed E-state index contributed by atoms with van der Waals surface area (Å²) in [6, 6.07) is 13.5. The fraction of sp³-hybridized carbons (Fsp3) is 0.320. The van der Waals surface area contributed by atoms with E-state index in [0.717, 1.165) is 36.9 Å². The molecule has 0 bridgehead atoms. The Kier molecular flexibility index (Phi) is 6.55. The summed E-state index contributed by atoms with van der Waals surface area (Å²) in [6.07, 6.45) is 4.41. The quantitative estimate of drug-likeness (QED) is 0.323. The van der Waals surface area contributed by atoms with Gasteiger partial charge in [0.05, 0.1) is 4.88 Å². The molecule has 170 valence electrons. The molecule has 1 aromatic carbocycles. The standard InChI is InChI=1S/C25H25N3O3S2/c29-23(27-12-4-1-5-13-27)11-6-14-28(24(30)22-10-7-15-32-22)25-26-19(17-33-25)21-16-18-8-2-3-9-20(18)31-21/h2-3,7-10,15-17H,1,4-6,11-14H2. The Bertz CT molecular complexity index is 1210. The Labute approximate surface area is 200 Å². The van der Waals surface area contributed by atoms with Gasteiger partial charge in [0.25, 0.3) is 5.91 Å². The van der Waals surface area contributed by atoms with Crippen LogP contribution in [0.2, 0.25) is 0 Å². The van der Waals surface area contributed by atoms with Gasteiger partial charge in [0, 0.05) is 36.8 Å². The normalized spacial score (nSPS) is 14.0. The second-order valence-corrected chi connectivity index (χ2v) is 9.93. The summed E-state index contributed by atoms with van der Waals surface area (Å²) in [7, 11) is 0. The van der Waals surface area contributed by atoms with Crippen LogP contribution in [0.25, 0.3) is 22.4 Å². The van der Waals surface area contributed by atoms with Crippen LogP contribution in [0.1, 0.15) is 41.8 Å². The molecule has 0 N–H and O–H groups in total. The van der Waals surface area contributed by atoms with Gasteiger partial charge in [0.15, 0.2) is 10.9 Å². The molecule has 33 heavy (non-hydrogen) atoms. The molecule has 0 unspecified atom stereocenters. The summed E-state index contributed by atoms with van der Waals surface area (Å²) < 4.78 is 5.95. The van der Waals surface area contributed by atoms with Gasteiger partial charge in [-0.3, -0.25) is 14.5 Å². The molecule has 0 saturated carbocycles. The van der Waals surface area contributed by atoms with Gasteiger partial charge in [0.1, 0.15) is 11.3 Å². The molecule has 0 atom stereocenters. The number of aromatic nitrogens is 1. The number of hydrogen-bond donors (Lipinski definition) is 0. The van der Waals surface area contributed by atoms with Crippen molar-refractivity contribution in [2.45, 2.75) is 32.1 Å². The lowest BCUT2D eigenvalue weighted by Crippen LogP contribution is -2.36. The molecule has 4 heterocycles. The molecule has 1 fully saturated rings. The lowest BCUT2D eigenvalue weighted by atomic mass is 10.1. The van der Waals surface area contributed by atoms with Crippen LogP contribution in [0.15, 0.2) is 57.6 Å². The van der Waals surface area contributed by atoms with Crippen molar-refractivity contribution in [2.75, 3.05) is 24.5 Å². The first-order valence-corrected chi connectivity index (χ1v) is 13.0. The molecule has 0 radical (unpaired) electrons. The maximum atomic E-state index is 13.3. The lowest BCUT2D eigenvalue weighted by molar-refractivity contribution is -0.132. The first kappa shape index (κ1) is 21.9. The number of furan rings is 1. The Morgan fingerprint density at radius 3 is 2.70 bits per heavy atom. The van der Waals surface area contributed by atoms with E-state index in [1.54, 1.807) is 4.90 Å². The number of carbonyl (C=O) groups is 2. The van der Waals surface area contributed by atoms with Crippen molar-refractivity contribution in [2.24, 2.45) is 0 Å². The van der Waals surface area contributed by atoms with Crippen LogP contribution in [0.5, 0.6) is 0 Å². The van der Waals surface area contributed by atoms with Gasteiger partial charge in [-0.2, -0.15) is 0 Å². The number of thiazole rings is 1. The number of fused-ring (bicyclic) bond motifs is 1. The van der Waals surface area contributed by atoms with Gasteiger partial charge in [0.2, 0.25) is 5.91 Å². The number of carbonyl (C=O) groups excluding carboxylic acids is 2. The number of amides is 2. The number of thiophene rings is 1. The van der Waals surface area contributed by atoms with Crippen LogP contribution in [0.3, 0.4) is 0 Å². The van der Waals surface area contributed by atoms with Crippen LogP contribution in [-0.2, 0) is 4.79 Å². The fourth-order valence-electron chi connectivity index (χ4n) is 4.12. The average molecular weight is 480 g/mol. The molecule has 1 saturated heterocycles. The summed E-state index contributed by atoms with van der Waals surface area (Å²) in [5.41, 5.74) is 1.52. The predicted molar refractivity (Wildman–Crippen MR) is 133 cm³/mol. The molecule has 1 aliphatic heterocycles. The highest BCUT2D eigenvalue weighted by Gasteiger charge is 2.23. The first-order chi connectivity index (χ1) is 16.2. The highest BCUT2D eigenvalue weighted by molar-refractivity contribution is 7.14. The third kappa shape index (κ3) is 4.86. The van der Waals surface area contributed by atoms with Gasteiger partial charge in [-0.15, -0.1) is 22.7 Å². The Morgan fingerprint density at radius 1 is 1.06 bits per heavy atom. The van der Waals surface area contributed by atoms with Crippen molar-refractivity contribution in [1.82, 2.24) is 9.88 Å². The molecule has 3 aromatic heterocycles. The number of para-hydroxylation sites is 1. The maximum absolute atomic E-state index is 13.3. The first-order valence-electron chi connectivity index (χ1n) is 11.3. The minimum atomic E-state index is -0.0825. The molecule has 8 heteroatoms. The Balaban J connectivity index is 1.33. The van der Waals surface area contributed by atoms with Crippen LogP contribution in [-0.4, -0.2) is 41.3 Å². The second kappa shape index (κ2) is 9.89. The minimum absolute atomic E-state index is 0.0825. The molecule has 0 aliphatic carbocycles. The maximum Gasteiger partial charge on any atom is 0.270 e. The number of rotatable bonds is 7. The molecular weight excluding hydrogens is 454 g/mol. The van der Waals surface area contributed by atoms with Crippen molar-refractivity contribution < 1.29 is 14.0 Å². The molecular formula is C25H25N3O3S2. The molecule has 0 spiro atoms. The Hall–Kier alpha value is -2.97. The van der Waals surface area contributed by atoms with Crippen molar-refractivity contribution in [1.29, 1.82) is 0 Å². The smallest absolute Gasteiger partial charge is 0.270 e. The van der Waals surface area contributed by atoms with E-state index in [1.807, 2.05) is 58.1 Å². The highest BCUT2D eigenvalue weighted by Crippen LogP contribution is 2.32. The summed E-state index contributed by atoms with van der Waals surface area (Å²) in [4.78, 5) is 34.9. The van der Waals surface area contributed by atoms with E-state index in [-0.39, 0.29) is 11.8 Å². The number of nitrogens with zero attached hydrogens (tertiary/aromatic N) is 3. The SMILES string of the molecule is O=C(CCCN(C(=O)c1cccs1)c1nc(-c2cc3ccccc3o2)cs1)N1CCCCC1. The Morgan fingerprint density at radius 2 is 1.91 bits per heavy atom. The van der Waals surface area contributed by atoms with E-state index >= 15 is 0 Å². The predicted octanol–water partition coefficient (Wildman–Crippen LogP) is 6.06. The largest absolute Gasteiger partial charge is 0.454 e. The van der Waals surface area contributed by atoms with Gasteiger partial charge in [-0.25, -0.2) is 4.98 Å². The molecule has 2 amide bonds. The summed E-state index contributed by atoms with van der Waals surface area (Å²) >= 11 is 2.83. The van der Waals surface area contributed by atoms with Crippen molar-refractivity contribution >= 4 is 50.6 Å². The summed E-state index contributed by atoms with van der Waals surface area (Å²) in [6.45, 7) is 2.15. The van der Waals surface area contributed by atoms with E-state index < -0.39 is 0 Å². The van der Waals surface area contributed by atoms with E-state index in [1.165, 1.54) is 29.1 Å². The van der Waals surface area contributed by atoms with Crippen molar-refractivity contribution in [3.8, 4) is 11.5 Å². The van der Waals surface area contributed by atoms with Crippen LogP contribution in [0, 0.1) is 0 Å². The topological polar surface area (TPSA) is 66.7 Å². The van der Waals surface area contributed by atoms with E-state index in [9.17, 15) is 9.59 Å². The summed E-state index contributed by atoms with van der Waals surface area (Å²) in [5.74, 6) is 0.781. The van der Waals surface area contributed by atoms with E-state index in [2.05, 4.69) is 0 Å². The van der Waals surface area contributed by atoms with Crippen LogP contribution >= 0.6 is 22.7 Å². The number of anilines is 1. The van der Waals surface area contributed by atoms with Gasteiger partial charge < -0.3 is 9.32 Å². The monoisotopic (exact) mass is 479 g/mol. The van der Waals surface area contributed by atoms with Crippen molar-refractivity contribution in [3.63, 3.8) is 0 Å². The van der Waals surface area contributed by atoms with Gasteiger partial charge in [-0.1, -0.05) is 24.3 Å². The van der Waals surface area contributed by atoms with Gasteiger partial charge >= 0.3 is 0 Å². The molecule has 4 aromatic rings. The summed E-state index contributed by atoms with van der Waals surface area (Å²) in [5, 5.41) is 5.45. The zero-order valence-electron chi connectivity index (χ0n) is 18.2. The number of piperidine rings is 1. The molecule has 5 rings (SSSR count).